The Morgan fingerprint density at radius 1 is 1.36 bits per heavy atom. The lowest BCUT2D eigenvalue weighted by Crippen LogP contribution is -2.48. The van der Waals surface area contributed by atoms with Crippen LogP contribution in [0.1, 0.15) is 43.0 Å². The van der Waals surface area contributed by atoms with E-state index in [0.717, 1.165) is 12.8 Å². The van der Waals surface area contributed by atoms with Crippen LogP contribution in [0.15, 0.2) is 24.3 Å². The number of amides is 2. The Balaban J connectivity index is 2.10. The van der Waals surface area contributed by atoms with Crippen LogP contribution < -0.4 is 5.32 Å². The number of carbonyl (C=O) groups excluding carboxylic acids is 2. The smallest absolute Gasteiger partial charge is 0.326 e. The molecular weight excluding hydrogens is 340 g/mol. The zero-order chi connectivity index (χ0) is 18.4. The molecule has 0 bridgehead atoms. The molecule has 1 aromatic carbocycles. The number of piperidine rings is 1. The summed E-state index contributed by atoms with van der Waals surface area (Å²) in [6.07, 6.45) is 4.44. The molecule has 6 nitrogen and oxygen atoms in total. The monoisotopic (exact) mass is 364 g/mol. The summed E-state index contributed by atoms with van der Waals surface area (Å²) in [6, 6.07) is 5.90. The van der Waals surface area contributed by atoms with Crippen molar-refractivity contribution in [2.24, 2.45) is 0 Å². The number of carboxylic acid groups (broad SMARTS) is 1. The number of benzene rings is 1. The third-order valence-corrected chi connectivity index (χ3v) is 5.29. The number of carbonyl (C=O) groups is 3. The van der Waals surface area contributed by atoms with E-state index in [1.54, 1.807) is 36.0 Å². The van der Waals surface area contributed by atoms with E-state index in [9.17, 15) is 19.5 Å². The summed E-state index contributed by atoms with van der Waals surface area (Å²) in [7, 11) is 0. The number of rotatable bonds is 6. The van der Waals surface area contributed by atoms with Crippen molar-refractivity contribution in [1.82, 2.24) is 4.90 Å². The second-order valence-electron chi connectivity index (χ2n) is 6.23. The quantitative estimate of drug-likeness (QED) is 0.810. The molecule has 2 unspecified atom stereocenters. The highest BCUT2D eigenvalue weighted by Crippen LogP contribution is 2.21. The van der Waals surface area contributed by atoms with E-state index >= 15 is 0 Å². The van der Waals surface area contributed by atoms with Gasteiger partial charge in [-0.3, -0.25) is 9.59 Å². The van der Waals surface area contributed by atoms with Gasteiger partial charge in [-0.15, -0.1) is 0 Å². The number of anilines is 1. The summed E-state index contributed by atoms with van der Waals surface area (Å²) in [5.74, 6) is -1.38. The molecule has 0 aromatic heterocycles. The molecule has 2 N–H and O–H groups in total. The highest BCUT2D eigenvalue weighted by atomic mass is 32.2. The Bertz CT molecular complexity index is 650. The van der Waals surface area contributed by atoms with Gasteiger partial charge < -0.3 is 15.3 Å². The maximum absolute atomic E-state index is 12.7. The Kier molecular flexibility index (Phi) is 6.87. The average molecular weight is 364 g/mol. The molecule has 0 saturated carbocycles. The zero-order valence-electron chi connectivity index (χ0n) is 14.5. The summed E-state index contributed by atoms with van der Waals surface area (Å²) >= 11 is 1.62. The van der Waals surface area contributed by atoms with Gasteiger partial charge in [-0.1, -0.05) is 13.0 Å². The average Bonchev–Trinajstić information content (AvgIpc) is 2.61. The predicted octanol–water partition coefficient (Wildman–Crippen LogP) is 2.85. The second kappa shape index (κ2) is 8.89. The van der Waals surface area contributed by atoms with Gasteiger partial charge in [-0.2, -0.15) is 11.8 Å². The van der Waals surface area contributed by atoms with Gasteiger partial charge in [-0.25, -0.2) is 4.79 Å². The molecule has 0 aliphatic carbocycles. The minimum Gasteiger partial charge on any atom is -0.480 e. The maximum atomic E-state index is 12.7. The van der Waals surface area contributed by atoms with Gasteiger partial charge in [0.1, 0.15) is 6.04 Å². The second-order valence-corrected chi connectivity index (χ2v) is 7.50. The number of thioether (sulfide) groups is 1. The van der Waals surface area contributed by atoms with E-state index in [-0.39, 0.29) is 17.1 Å². The Morgan fingerprint density at radius 2 is 2.12 bits per heavy atom. The van der Waals surface area contributed by atoms with E-state index in [4.69, 9.17) is 0 Å². The first-order valence-electron chi connectivity index (χ1n) is 8.39. The first-order chi connectivity index (χ1) is 11.9. The molecule has 1 aliphatic heterocycles. The molecule has 2 atom stereocenters. The van der Waals surface area contributed by atoms with E-state index in [0.29, 0.717) is 30.6 Å². The standard InChI is InChI=1S/C18H24N2O4S/c1-12(25-2)10-16(21)19-14-7-5-6-13(11-14)17(22)20-9-4-3-8-15(20)18(23)24/h5-7,11-12,15H,3-4,8-10H2,1-2H3,(H,19,21)(H,23,24). The highest BCUT2D eigenvalue weighted by molar-refractivity contribution is 7.99. The Morgan fingerprint density at radius 3 is 2.80 bits per heavy atom. The van der Waals surface area contributed by atoms with E-state index in [1.165, 1.54) is 4.90 Å². The van der Waals surface area contributed by atoms with Gasteiger partial charge in [0.25, 0.3) is 5.91 Å². The van der Waals surface area contributed by atoms with Crippen LogP contribution in [0.5, 0.6) is 0 Å². The van der Waals surface area contributed by atoms with Crippen molar-refractivity contribution in [3.8, 4) is 0 Å². The molecule has 1 fully saturated rings. The molecule has 2 amide bonds. The summed E-state index contributed by atoms with van der Waals surface area (Å²) in [5, 5.41) is 12.3. The van der Waals surface area contributed by atoms with Crippen molar-refractivity contribution in [3.63, 3.8) is 0 Å². The molecule has 25 heavy (non-hydrogen) atoms. The number of carboxylic acids is 1. The summed E-state index contributed by atoms with van der Waals surface area (Å²) in [4.78, 5) is 37.5. The number of hydrogen-bond acceptors (Lipinski definition) is 4. The van der Waals surface area contributed by atoms with E-state index < -0.39 is 12.0 Å². The van der Waals surface area contributed by atoms with Gasteiger partial charge in [0.05, 0.1) is 0 Å². The molecule has 1 aliphatic rings. The topological polar surface area (TPSA) is 86.7 Å². The van der Waals surface area contributed by atoms with Crippen molar-refractivity contribution < 1.29 is 19.5 Å². The zero-order valence-corrected chi connectivity index (χ0v) is 15.3. The maximum Gasteiger partial charge on any atom is 0.326 e. The van der Waals surface area contributed by atoms with E-state index in [1.807, 2.05) is 13.2 Å². The van der Waals surface area contributed by atoms with Crippen molar-refractivity contribution >= 4 is 35.2 Å². The Labute approximate surface area is 152 Å². The van der Waals surface area contributed by atoms with Crippen LogP contribution in [0.25, 0.3) is 0 Å². The van der Waals surface area contributed by atoms with Crippen LogP contribution in [0.4, 0.5) is 5.69 Å². The number of hydrogen-bond donors (Lipinski definition) is 2. The number of aliphatic carboxylic acids is 1. The summed E-state index contributed by atoms with van der Waals surface area (Å²) in [5.41, 5.74) is 0.942. The van der Waals surface area contributed by atoms with Crippen LogP contribution in [0.3, 0.4) is 0 Å². The highest BCUT2D eigenvalue weighted by Gasteiger charge is 2.32. The molecule has 0 spiro atoms. The van der Waals surface area contributed by atoms with Crippen molar-refractivity contribution in [3.05, 3.63) is 29.8 Å². The molecular formula is C18H24N2O4S. The third kappa shape index (κ3) is 5.22. The number of nitrogens with one attached hydrogen (secondary N) is 1. The summed E-state index contributed by atoms with van der Waals surface area (Å²) in [6.45, 7) is 2.42. The minimum absolute atomic E-state index is 0.104. The normalized spacial score (nSPS) is 18.5. The molecule has 7 heteroatoms. The molecule has 1 heterocycles. The third-order valence-electron chi connectivity index (χ3n) is 4.32. The molecule has 0 radical (unpaired) electrons. The fourth-order valence-electron chi connectivity index (χ4n) is 2.88. The van der Waals surface area contributed by atoms with Gasteiger partial charge in [0.2, 0.25) is 5.91 Å². The van der Waals surface area contributed by atoms with Gasteiger partial charge in [0.15, 0.2) is 0 Å². The fourth-order valence-corrected chi connectivity index (χ4v) is 3.20. The SMILES string of the molecule is CSC(C)CC(=O)Nc1cccc(C(=O)N2CCCCC2C(=O)O)c1. The van der Waals surface area contributed by atoms with Crippen LogP contribution >= 0.6 is 11.8 Å². The molecule has 1 aromatic rings. The summed E-state index contributed by atoms with van der Waals surface area (Å²) < 4.78 is 0. The van der Waals surface area contributed by atoms with Crippen LogP contribution in [-0.2, 0) is 9.59 Å². The van der Waals surface area contributed by atoms with Gasteiger partial charge in [-0.05, 0) is 43.7 Å². The van der Waals surface area contributed by atoms with Crippen LogP contribution in [0.2, 0.25) is 0 Å². The minimum atomic E-state index is -0.969. The fraction of sp³-hybridized carbons (Fsp3) is 0.500. The molecule has 1 saturated heterocycles. The first kappa shape index (κ1) is 19.3. The van der Waals surface area contributed by atoms with Crippen LogP contribution in [-0.4, -0.2) is 51.9 Å². The van der Waals surface area contributed by atoms with Crippen LogP contribution in [0, 0.1) is 0 Å². The number of nitrogens with zero attached hydrogens (tertiary/aromatic N) is 1. The van der Waals surface area contributed by atoms with Crippen molar-refractivity contribution in [2.45, 2.75) is 43.9 Å². The van der Waals surface area contributed by atoms with E-state index in [2.05, 4.69) is 5.32 Å². The lowest BCUT2D eigenvalue weighted by Gasteiger charge is -2.33. The lowest BCUT2D eigenvalue weighted by molar-refractivity contribution is -0.143. The predicted molar refractivity (Wildman–Crippen MR) is 99.0 cm³/mol. The largest absolute Gasteiger partial charge is 0.480 e. The lowest BCUT2D eigenvalue weighted by atomic mass is 10.0. The van der Waals surface area contributed by atoms with Gasteiger partial charge >= 0.3 is 5.97 Å². The van der Waals surface area contributed by atoms with Gasteiger partial charge in [0, 0.05) is 29.5 Å². The molecule has 2 rings (SSSR count). The molecule has 136 valence electrons. The Hall–Kier alpha value is -2.02. The van der Waals surface area contributed by atoms with Crippen molar-refractivity contribution in [1.29, 1.82) is 0 Å². The first-order valence-corrected chi connectivity index (χ1v) is 9.67. The van der Waals surface area contributed by atoms with Crippen molar-refractivity contribution in [2.75, 3.05) is 18.1 Å². The number of likely N-dealkylation sites (tertiary alicyclic amines) is 1.